The van der Waals surface area contributed by atoms with Crippen LogP contribution in [0.1, 0.15) is 49.4 Å². The van der Waals surface area contributed by atoms with Crippen LogP contribution in [0.3, 0.4) is 0 Å². The second-order valence-corrected chi connectivity index (χ2v) is 6.88. The van der Waals surface area contributed by atoms with Gasteiger partial charge in [-0.15, -0.1) is 0 Å². The van der Waals surface area contributed by atoms with Gasteiger partial charge in [0.25, 0.3) is 5.91 Å². The normalized spacial score (nSPS) is 24.0. The van der Waals surface area contributed by atoms with E-state index in [0.29, 0.717) is 12.1 Å². The van der Waals surface area contributed by atoms with Crippen LogP contribution in [0.2, 0.25) is 0 Å². The van der Waals surface area contributed by atoms with Crippen molar-refractivity contribution in [2.75, 3.05) is 26.2 Å². The first-order valence-electron chi connectivity index (χ1n) is 8.94. The van der Waals surface area contributed by atoms with Gasteiger partial charge in [0.05, 0.1) is 11.7 Å². The number of carbonyl (C=O) groups is 1. The summed E-state index contributed by atoms with van der Waals surface area (Å²) in [5, 5.41) is 3.02. The number of piperidine rings is 1. The summed E-state index contributed by atoms with van der Waals surface area (Å²) < 4.78 is 6.36. The van der Waals surface area contributed by atoms with E-state index < -0.39 is 0 Å². The number of carbonyl (C=O) groups excluding carboxylic acids is 1. The van der Waals surface area contributed by atoms with E-state index in [9.17, 15) is 4.79 Å². The zero-order chi connectivity index (χ0) is 16.1. The third-order valence-corrected chi connectivity index (χ3v) is 5.17. The lowest BCUT2D eigenvalue weighted by Crippen LogP contribution is -2.45. The Morgan fingerprint density at radius 2 is 2.00 bits per heavy atom. The Morgan fingerprint density at radius 3 is 2.70 bits per heavy atom. The van der Waals surface area contributed by atoms with E-state index in [1.807, 2.05) is 30.3 Å². The minimum absolute atomic E-state index is 0.00656. The molecule has 1 spiro atoms. The van der Waals surface area contributed by atoms with Crippen molar-refractivity contribution >= 4 is 5.91 Å². The van der Waals surface area contributed by atoms with E-state index in [2.05, 4.69) is 17.1 Å². The lowest BCUT2D eigenvalue weighted by atomic mass is 9.88. The second kappa shape index (κ2) is 7.45. The van der Waals surface area contributed by atoms with Gasteiger partial charge in [0.2, 0.25) is 0 Å². The van der Waals surface area contributed by atoms with Crippen LogP contribution in [0.5, 0.6) is 0 Å². The van der Waals surface area contributed by atoms with Gasteiger partial charge in [0.1, 0.15) is 0 Å². The minimum atomic E-state index is -0.00656. The summed E-state index contributed by atoms with van der Waals surface area (Å²) in [6.45, 7) is 6.36. The maximum atomic E-state index is 12.1. The van der Waals surface area contributed by atoms with Crippen LogP contribution in [0.25, 0.3) is 0 Å². The van der Waals surface area contributed by atoms with Crippen molar-refractivity contribution < 1.29 is 9.53 Å². The predicted molar refractivity (Wildman–Crippen MR) is 91.6 cm³/mol. The lowest BCUT2D eigenvalue weighted by molar-refractivity contribution is -0.0753. The summed E-state index contributed by atoms with van der Waals surface area (Å²) in [4.78, 5) is 14.7. The van der Waals surface area contributed by atoms with Crippen molar-refractivity contribution in [3.8, 4) is 0 Å². The van der Waals surface area contributed by atoms with Crippen molar-refractivity contribution in [1.29, 1.82) is 0 Å². The molecule has 4 heteroatoms. The molecule has 23 heavy (non-hydrogen) atoms. The highest BCUT2D eigenvalue weighted by atomic mass is 16.5. The fraction of sp³-hybridized carbons (Fsp3) is 0.632. The Hall–Kier alpha value is -1.39. The molecular weight excluding hydrogens is 288 g/mol. The summed E-state index contributed by atoms with van der Waals surface area (Å²) in [7, 11) is 0. The van der Waals surface area contributed by atoms with Gasteiger partial charge in [-0.25, -0.2) is 0 Å². The highest BCUT2D eigenvalue weighted by molar-refractivity contribution is 5.94. The number of likely N-dealkylation sites (tertiary alicyclic amines) is 1. The molecule has 2 saturated heterocycles. The van der Waals surface area contributed by atoms with Crippen molar-refractivity contribution in [3.05, 3.63) is 35.9 Å². The summed E-state index contributed by atoms with van der Waals surface area (Å²) in [6.07, 6.45) is 5.86. The van der Waals surface area contributed by atoms with Gasteiger partial charge in [0.15, 0.2) is 0 Å². The van der Waals surface area contributed by atoms with E-state index in [0.717, 1.165) is 38.8 Å². The maximum Gasteiger partial charge on any atom is 0.251 e. The molecule has 1 aromatic carbocycles. The zero-order valence-corrected chi connectivity index (χ0v) is 14.1. The van der Waals surface area contributed by atoms with Gasteiger partial charge in [0, 0.05) is 25.2 Å². The van der Waals surface area contributed by atoms with Crippen LogP contribution in [0.15, 0.2) is 30.3 Å². The van der Waals surface area contributed by atoms with Gasteiger partial charge < -0.3 is 15.0 Å². The number of benzene rings is 1. The lowest BCUT2D eigenvalue weighted by Gasteiger charge is -2.39. The standard InChI is InChI=1S/C19H28N2O2/c1-2-12-21-13-10-19(11-14-21)9-8-17(23-19)15-20-18(22)16-6-4-3-5-7-16/h3-7,17H,2,8-15H2,1H3,(H,20,22). The van der Waals surface area contributed by atoms with E-state index in [-0.39, 0.29) is 17.6 Å². The monoisotopic (exact) mass is 316 g/mol. The van der Waals surface area contributed by atoms with E-state index in [4.69, 9.17) is 4.74 Å². The predicted octanol–water partition coefficient (Wildman–Crippen LogP) is 2.84. The Balaban J connectivity index is 1.44. The number of hydrogen-bond donors (Lipinski definition) is 1. The van der Waals surface area contributed by atoms with Gasteiger partial charge in [-0.1, -0.05) is 25.1 Å². The van der Waals surface area contributed by atoms with Crippen LogP contribution >= 0.6 is 0 Å². The number of nitrogens with one attached hydrogen (secondary N) is 1. The van der Waals surface area contributed by atoms with Crippen molar-refractivity contribution in [2.45, 2.75) is 50.7 Å². The molecule has 0 bridgehead atoms. The average molecular weight is 316 g/mol. The maximum absolute atomic E-state index is 12.1. The molecule has 0 saturated carbocycles. The van der Waals surface area contributed by atoms with Crippen LogP contribution in [0.4, 0.5) is 0 Å². The first kappa shape index (κ1) is 16.5. The Labute approximate surface area is 139 Å². The minimum Gasteiger partial charge on any atom is -0.370 e. The van der Waals surface area contributed by atoms with Crippen LogP contribution in [-0.4, -0.2) is 48.7 Å². The fourth-order valence-electron chi connectivity index (χ4n) is 3.81. The first-order chi connectivity index (χ1) is 11.2. The molecule has 1 atom stereocenters. The van der Waals surface area contributed by atoms with E-state index >= 15 is 0 Å². The van der Waals surface area contributed by atoms with Gasteiger partial charge in [-0.2, -0.15) is 0 Å². The molecule has 3 rings (SSSR count). The Morgan fingerprint density at radius 1 is 1.26 bits per heavy atom. The smallest absolute Gasteiger partial charge is 0.251 e. The number of hydrogen-bond acceptors (Lipinski definition) is 3. The third-order valence-electron chi connectivity index (χ3n) is 5.17. The molecule has 1 N–H and O–H groups in total. The molecule has 4 nitrogen and oxygen atoms in total. The number of rotatable bonds is 5. The molecule has 0 aliphatic carbocycles. The van der Waals surface area contributed by atoms with Gasteiger partial charge in [-0.3, -0.25) is 4.79 Å². The Bertz CT molecular complexity index is 509. The van der Waals surface area contributed by atoms with Crippen molar-refractivity contribution in [2.24, 2.45) is 0 Å². The Kier molecular flexibility index (Phi) is 5.34. The quantitative estimate of drug-likeness (QED) is 0.908. The molecule has 126 valence electrons. The van der Waals surface area contributed by atoms with Crippen LogP contribution < -0.4 is 5.32 Å². The summed E-state index contributed by atoms with van der Waals surface area (Å²) in [6, 6.07) is 9.39. The molecule has 2 aliphatic heterocycles. The van der Waals surface area contributed by atoms with Gasteiger partial charge in [-0.05, 0) is 50.8 Å². The van der Waals surface area contributed by atoms with Crippen LogP contribution in [0, 0.1) is 0 Å². The van der Waals surface area contributed by atoms with E-state index in [1.54, 1.807) is 0 Å². The van der Waals surface area contributed by atoms with Crippen LogP contribution in [-0.2, 0) is 4.74 Å². The molecule has 1 amide bonds. The molecule has 0 aromatic heterocycles. The highest BCUT2D eigenvalue weighted by Crippen LogP contribution is 2.38. The fourth-order valence-corrected chi connectivity index (χ4v) is 3.81. The molecule has 1 unspecified atom stereocenters. The molecule has 2 fully saturated rings. The summed E-state index contributed by atoms with van der Waals surface area (Å²) >= 11 is 0. The largest absolute Gasteiger partial charge is 0.370 e. The number of nitrogens with zero attached hydrogens (tertiary/aromatic N) is 1. The zero-order valence-electron chi connectivity index (χ0n) is 14.1. The molecular formula is C19H28N2O2. The van der Waals surface area contributed by atoms with E-state index in [1.165, 1.54) is 13.0 Å². The third kappa shape index (κ3) is 4.12. The summed E-state index contributed by atoms with van der Waals surface area (Å²) in [5.74, 6) is -0.00656. The number of ether oxygens (including phenoxy) is 1. The average Bonchev–Trinajstić information content (AvgIpc) is 2.99. The SMILES string of the molecule is CCCN1CCC2(CCC(CNC(=O)c3ccccc3)O2)CC1. The van der Waals surface area contributed by atoms with Gasteiger partial charge >= 0.3 is 0 Å². The molecule has 2 heterocycles. The second-order valence-electron chi connectivity index (χ2n) is 6.88. The molecule has 0 radical (unpaired) electrons. The number of amides is 1. The topological polar surface area (TPSA) is 41.6 Å². The van der Waals surface area contributed by atoms with Crippen molar-refractivity contribution in [3.63, 3.8) is 0 Å². The summed E-state index contributed by atoms with van der Waals surface area (Å²) in [5.41, 5.74) is 0.792. The molecule has 1 aromatic rings. The first-order valence-corrected chi connectivity index (χ1v) is 8.94. The molecule has 2 aliphatic rings. The van der Waals surface area contributed by atoms with Crippen molar-refractivity contribution in [1.82, 2.24) is 10.2 Å². The highest BCUT2D eigenvalue weighted by Gasteiger charge is 2.42.